The standard InChI is InChI=1S/C14H21NO3/c1-4-12(8-16)15-14(17)9-18-13-7-5-6-10(2)11(13)3/h5-7,12,16H,4,8-9H2,1-3H3,(H,15,17)/t12-/m1/s1. The monoisotopic (exact) mass is 251 g/mol. The Labute approximate surface area is 108 Å². The Hall–Kier alpha value is -1.55. The highest BCUT2D eigenvalue weighted by Crippen LogP contribution is 2.20. The molecule has 4 heteroatoms. The minimum absolute atomic E-state index is 0.0270. The summed E-state index contributed by atoms with van der Waals surface area (Å²) in [6.07, 6.45) is 0.700. The molecule has 0 fully saturated rings. The summed E-state index contributed by atoms with van der Waals surface area (Å²) in [4.78, 5) is 11.6. The molecular weight excluding hydrogens is 230 g/mol. The van der Waals surface area contributed by atoms with Crippen molar-refractivity contribution in [2.75, 3.05) is 13.2 Å². The summed E-state index contributed by atoms with van der Waals surface area (Å²) in [5.74, 6) is 0.513. The number of hydrogen-bond donors (Lipinski definition) is 2. The van der Waals surface area contributed by atoms with Gasteiger partial charge in [-0.15, -0.1) is 0 Å². The number of aliphatic hydroxyl groups is 1. The van der Waals surface area contributed by atoms with E-state index in [9.17, 15) is 4.79 Å². The van der Waals surface area contributed by atoms with E-state index in [-0.39, 0.29) is 25.2 Å². The van der Waals surface area contributed by atoms with Crippen LogP contribution in [0.2, 0.25) is 0 Å². The molecule has 1 aromatic carbocycles. The van der Waals surface area contributed by atoms with Gasteiger partial charge in [0.25, 0.3) is 5.91 Å². The van der Waals surface area contributed by atoms with Crippen molar-refractivity contribution in [1.29, 1.82) is 0 Å². The molecule has 0 saturated heterocycles. The van der Waals surface area contributed by atoms with Crippen molar-refractivity contribution in [3.63, 3.8) is 0 Å². The summed E-state index contributed by atoms with van der Waals surface area (Å²) in [6.45, 7) is 5.80. The molecule has 4 nitrogen and oxygen atoms in total. The highest BCUT2D eigenvalue weighted by molar-refractivity contribution is 5.77. The van der Waals surface area contributed by atoms with Crippen LogP contribution in [-0.4, -0.2) is 30.3 Å². The van der Waals surface area contributed by atoms with Crippen LogP contribution < -0.4 is 10.1 Å². The van der Waals surface area contributed by atoms with Crippen molar-refractivity contribution >= 4 is 5.91 Å². The van der Waals surface area contributed by atoms with Crippen LogP contribution in [0.15, 0.2) is 18.2 Å². The molecule has 0 radical (unpaired) electrons. The Balaban J connectivity index is 2.50. The van der Waals surface area contributed by atoms with Gasteiger partial charge in [-0.1, -0.05) is 19.1 Å². The average Bonchev–Trinajstić information content (AvgIpc) is 2.37. The summed E-state index contributed by atoms with van der Waals surface area (Å²) in [6, 6.07) is 5.55. The molecule has 0 unspecified atom stereocenters. The molecule has 0 heterocycles. The van der Waals surface area contributed by atoms with Gasteiger partial charge >= 0.3 is 0 Å². The van der Waals surface area contributed by atoms with Gasteiger partial charge in [0.15, 0.2) is 6.61 Å². The zero-order valence-corrected chi connectivity index (χ0v) is 11.2. The molecule has 0 saturated carbocycles. The number of carbonyl (C=O) groups is 1. The maximum Gasteiger partial charge on any atom is 0.258 e. The van der Waals surface area contributed by atoms with Gasteiger partial charge in [-0.2, -0.15) is 0 Å². The molecule has 0 spiro atoms. The van der Waals surface area contributed by atoms with Crippen LogP contribution >= 0.6 is 0 Å². The maximum absolute atomic E-state index is 11.6. The van der Waals surface area contributed by atoms with Gasteiger partial charge in [0.05, 0.1) is 12.6 Å². The third kappa shape index (κ3) is 4.04. The number of carbonyl (C=O) groups excluding carboxylic acids is 1. The Bertz CT molecular complexity index is 400. The molecule has 0 aliphatic heterocycles. The number of aliphatic hydroxyl groups excluding tert-OH is 1. The Kier molecular flexibility index (Phi) is 5.65. The lowest BCUT2D eigenvalue weighted by atomic mass is 10.1. The van der Waals surface area contributed by atoms with Gasteiger partial charge in [0, 0.05) is 0 Å². The molecule has 1 atom stereocenters. The quantitative estimate of drug-likeness (QED) is 0.807. The fourth-order valence-corrected chi connectivity index (χ4v) is 1.57. The van der Waals surface area contributed by atoms with Crippen LogP contribution in [-0.2, 0) is 4.79 Å². The average molecular weight is 251 g/mol. The molecule has 0 aliphatic carbocycles. The first-order valence-corrected chi connectivity index (χ1v) is 6.17. The Morgan fingerprint density at radius 1 is 1.44 bits per heavy atom. The van der Waals surface area contributed by atoms with E-state index in [0.29, 0.717) is 6.42 Å². The first-order valence-electron chi connectivity index (χ1n) is 6.17. The SMILES string of the molecule is CC[C@H](CO)NC(=O)COc1cccc(C)c1C. The van der Waals surface area contributed by atoms with Gasteiger partial charge in [-0.3, -0.25) is 4.79 Å². The molecule has 1 aromatic rings. The summed E-state index contributed by atoms with van der Waals surface area (Å²) in [7, 11) is 0. The molecular formula is C14H21NO3. The number of hydrogen-bond acceptors (Lipinski definition) is 3. The lowest BCUT2D eigenvalue weighted by molar-refractivity contribution is -0.124. The van der Waals surface area contributed by atoms with Crippen molar-refractivity contribution in [2.24, 2.45) is 0 Å². The van der Waals surface area contributed by atoms with E-state index >= 15 is 0 Å². The first kappa shape index (κ1) is 14.5. The van der Waals surface area contributed by atoms with Crippen molar-refractivity contribution in [3.8, 4) is 5.75 Å². The molecule has 0 bridgehead atoms. The van der Waals surface area contributed by atoms with Gasteiger partial charge in [-0.05, 0) is 37.5 Å². The van der Waals surface area contributed by atoms with Crippen molar-refractivity contribution in [1.82, 2.24) is 5.32 Å². The lowest BCUT2D eigenvalue weighted by Crippen LogP contribution is -2.39. The molecule has 1 rings (SSSR count). The minimum Gasteiger partial charge on any atom is -0.483 e. The summed E-state index contributed by atoms with van der Waals surface area (Å²) in [5, 5.41) is 11.7. The molecule has 0 aromatic heterocycles. The zero-order chi connectivity index (χ0) is 13.5. The summed E-state index contributed by atoms with van der Waals surface area (Å²) in [5.41, 5.74) is 2.18. The van der Waals surface area contributed by atoms with Crippen molar-refractivity contribution in [2.45, 2.75) is 33.2 Å². The van der Waals surface area contributed by atoms with E-state index < -0.39 is 0 Å². The molecule has 1 amide bonds. The van der Waals surface area contributed by atoms with Crippen LogP contribution in [0, 0.1) is 13.8 Å². The van der Waals surface area contributed by atoms with Gasteiger partial charge in [0.2, 0.25) is 0 Å². The van der Waals surface area contributed by atoms with Gasteiger partial charge in [-0.25, -0.2) is 0 Å². The Morgan fingerprint density at radius 3 is 2.78 bits per heavy atom. The van der Waals surface area contributed by atoms with Crippen LogP contribution in [0.1, 0.15) is 24.5 Å². The van der Waals surface area contributed by atoms with Gasteiger partial charge in [0.1, 0.15) is 5.75 Å². The molecule has 18 heavy (non-hydrogen) atoms. The highest BCUT2D eigenvalue weighted by atomic mass is 16.5. The topological polar surface area (TPSA) is 58.6 Å². The van der Waals surface area contributed by atoms with E-state index in [0.717, 1.165) is 16.9 Å². The predicted molar refractivity (Wildman–Crippen MR) is 70.7 cm³/mol. The second-order valence-corrected chi connectivity index (χ2v) is 4.34. The smallest absolute Gasteiger partial charge is 0.258 e. The first-order chi connectivity index (χ1) is 8.58. The second kappa shape index (κ2) is 7.01. The number of ether oxygens (including phenoxy) is 1. The third-order valence-electron chi connectivity index (χ3n) is 2.99. The van der Waals surface area contributed by atoms with E-state index in [4.69, 9.17) is 9.84 Å². The largest absolute Gasteiger partial charge is 0.483 e. The summed E-state index contributed by atoms with van der Waals surface area (Å²) < 4.78 is 5.48. The van der Waals surface area contributed by atoms with E-state index in [1.807, 2.05) is 39.0 Å². The van der Waals surface area contributed by atoms with Gasteiger partial charge < -0.3 is 15.2 Å². The van der Waals surface area contributed by atoms with E-state index in [1.54, 1.807) is 0 Å². The Morgan fingerprint density at radius 2 is 2.17 bits per heavy atom. The molecule has 2 N–H and O–H groups in total. The highest BCUT2D eigenvalue weighted by Gasteiger charge is 2.10. The number of aryl methyl sites for hydroxylation is 1. The minimum atomic E-state index is -0.211. The van der Waals surface area contributed by atoms with Crippen LogP contribution in [0.25, 0.3) is 0 Å². The maximum atomic E-state index is 11.6. The third-order valence-corrected chi connectivity index (χ3v) is 2.99. The fraction of sp³-hybridized carbons (Fsp3) is 0.500. The van der Waals surface area contributed by atoms with Crippen molar-refractivity contribution in [3.05, 3.63) is 29.3 Å². The zero-order valence-electron chi connectivity index (χ0n) is 11.2. The summed E-state index contributed by atoms with van der Waals surface area (Å²) >= 11 is 0. The van der Waals surface area contributed by atoms with E-state index in [2.05, 4.69) is 5.32 Å². The molecule has 0 aliphatic rings. The van der Waals surface area contributed by atoms with Crippen LogP contribution in [0.4, 0.5) is 0 Å². The van der Waals surface area contributed by atoms with Crippen molar-refractivity contribution < 1.29 is 14.6 Å². The predicted octanol–water partition coefficient (Wildman–Crippen LogP) is 1.57. The lowest BCUT2D eigenvalue weighted by Gasteiger charge is -2.15. The van der Waals surface area contributed by atoms with E-state index in [1.165, 1.54) is 0 Å². The van der Waals surface area contributed by atoms with Crippen LogP contribution in [0.3, 0.4) is 0 Å². The second-order valence-electron chi connectivity index (χ2n) is 4.34. The fourth-order valence-electron chi connectivity index (χ4n) is 1.57. The number of nitrogens with one attached hydrogen (secondary N) is 1. The molecule has 100 valence electrons. The number of benzene rings is 1. The van der Waals surface area contributed by atoms with Crippen LogP contribution in [0.5, 0.6) is 5.75 Å². The number of amides is 1. The number of rotatable bonds is 6. The normalized spacial score (nSPS) is 12.0.